The van der Waals surface area contributed by atoms with Crippen LogP contribution >= 0.6 is 15.9 Å². The van der Waals surface area contributed by atoms with E-state index in [9.17, 15) is 9.59 Å². The maximum atomic E-state index is 12.0. The van der Waals surface area contributed by atoms with E-state index in [0.717, 1.165) is 27.0 Å². The number of amides is 1. The number of nitrogens with zero attached hydrogens (tertiary/aromatic N) is 2. The van der Waals surface area contributed by atoms with E-state index in [0.29, 0.717) is 0 Å². The molecular formula is C19H22BrN3O3. The van der Waals surface area contributed by atoms with Gasteiger partial charge >= 0.3 is 5.97 Å². The molecule has 0 bridgehead atoms. The summed E-state index contributed by atoms with van der Waals surface area (Å²) in [6.07, 6.45) is 2.96. The number of carbonyl (C=O) groups is 2. The van der Waals surface area contributed by atoms with Crippen LogP contribution in [-0.4, -0.2) is 28.3 Å². The topological polar surface area (TPSA) is 73.2 Å². The first-order chi connectivity index (χ1) is 12.3. The van der Waals surface area contributed by atoms with E-state index in [-0.39, 0.29) is 18.6 Å². The number of benzene rings is 1. The first-order valence-electron chi connectivity index (χ1n) is 8.18. The quantitative estimate of drug-likeness (QED) is 0.575. The number of nitrogens with one attached hydrogen (secondary N) is 1. The highest BCUT2D eigenvalue weighted by molar-refractivity contribution is 9.10. The minimum Gasteiger partial charge on any atom is -0.452 e. The summed E-state index contributed by atoms with van der Waals surface area (Å²) in [4.78, 5) is 23.8. The minimum absolute atomic E-state index is 0.201. The zero-order valence-electron chi connectivity index (χ0n) is 15.2. The highest BCUT2D eigenvalue weighted by Crippen LogP contribution is 2.22. The van der Waals surface area contributed by atoms with E-state index < -0.39 is 5.97 Å². The zero-order valence-corrected chi connectivity index (χ0v) is 16.8. The van der Waals surface area contributed by atoms with Gasteiger partial charge in [-0.25, -0.2) is 4.79 Å². The molecule has 1 heterocycles. The van der Waals surface area contributed by atoms with Crippen molar-refractivity contribution in [3.8, 4) is 0 Å². The fourth-order valence-corrected chi connectivity index (χ4v) is 3.18. The van der Waals surface area contributed by atoms with Gasteiger partial charge < -0.3 is 10.1 Å². The molecule has 2 aromatic rings. The molecule has 0 radical (unpaired) electrons. The first-order valence-corrected chi connectivity index (χ1v) is 8.97. The number of rotatable bonds is 6. The summed E-state index contributed by atoms with van der Waals surface area (Å²) in [7, 11) is 1.84. The van der Waals surface area contributed by atoms with E-state index in [1.807, 2.05) is 52.1 Å². The molecule has 2 rings (SSSR count). The Morgan fingerprint density at radius 2 is 2.04 bits per heavy atom. The normalized spacial score (nSPS) is 12.2. The summed E-state index contributed by atoms with van der Waals surface area (Å²) >= 11 is 3.45. The Balaban J connectivity index is 1.86. The van der Waals surface area contributed by atoms with Crippen LogP contribution in [0, 0.1) is 13.8 Å². The fraction of sp³-hybridized carbons (Fsp3) is 0.316. The van der Waals surface area contributed by atoms with Gasteiger partial charge in [0.05, 0.1) is 11.7 Å². The number of esters is 1. The first kappa shape index (κ1) is 19.9. The van der Waals surface area contributed by atoms with Gasteiger partial charge in [-0.2, -0.15) is 5.10 Å². The van der Waals surface area contributed by atoms with Crippen molar-refractivity contribution in [1.82, 2.24) is 15.1 Å². The molecular weight excluding hydrogens is 398 g/mol. The Kier molecular flexibility index (Phi) is 6.74. The maximum Gasteiger partial charge on any atom is 0.331 e. The van der Waals surface area contributed by atoms with E-state index in [1.54, 1.807) is 10.8 Å². The second kappa shape index (κ2) is 8.80. The SMILES string of the molecule is Cc1nn(C)c(C)c1/C=C/C(=O)OCC(=O)N[C@@H](C)c1ccccc1Br. The fourth-order valence-electron chi connectivity index (χ4n) is 2.55. The van der Waals surface area contributed by atoms with Crippen LogP contribution in [0.2, 0.25) is 0 Å². The molecule has 1 amide bonds. The van der Waals surface area contributed by atoms with Crippen molar-refractivity contribution in [2.24, 2.45) is 7.05 Å². The zero-order chi connectivity index (χ0) is 19.3. The van der Waals surface area contributed by atoms with E-state index in [2.05, 4.69) is 26.3 Å². The molecule has 138 valence electrons. The third-order valence-corrected chi connectivity index (χ3v) is 4.77. The number of halogens is 1. The molecule has 26 heavy (non-hydrogen) atoms. The van der Waals surface area contributed by atoms with Gasteiger partial charge in [-0.3, -0.25) is 9.48 Å². The van der Waals surface area contributed by atoms with Crippen LogP contribution in [0.1, 0.15) is 35.5 Å². The van der Waals surface area contributed by atoms with Crippen LogP contribution in [0.5, 0.6) is 0 Å². The maximum absolute atomic E-state index is 12.0. The van der Waals surface area contributed by atoms with E-state index in [4.69, 9.17) is 4.74 Å². The largest absolute Gasteiger partial charge is 0.452 e. The smallest absolute Gasteiger partial charge is 0.331 e. The van der Waals surface area contributed by atoms with Crippen LogP contribution in [0.3, 0.4) is 0 Å². The Morgan fingerprint density at radius 1 is 1.35 bits per heavy atom. The van der Waals surface area contributed by atoms with Gasteiger partial charge in [0.1, 0.15) is 0 Å². The molecule has 1 atom stereocenters. The molecule has 0 aliphatic rings. The molecule has 0 unspecified atom stereocenters. The lowest BCUT2D eigenvalue weighted by Crippen LogP contribution is -2.31. The molecule has 1 N–H and O–H groups in total. The number of aryl methyl sites for hydroxylation is 2. The molecule has 0 spiro atoms. The molecule has 1 aromatic carbocycles. The average molecular weight is 420 g/mol. The molecule has 0 aliphatic heterocycles. The average Bonchev–Trinajstić information content (AvgIpc) is 2.83. The van der Waals surface area contributed by atoms with Crippen molar-refractivity contribution in [3.05, 3.63) is 57.3 Å². The summed E-state index contributed by atoms with van der Waals surface area (Å²) in [5.41, 5.74) is 3.60. The number of hydrogen-bond acceptors (Lipinski definition) is 4. The van der Waals surface area contributed by atoms with Crippen molar-refractivity contribution in [2.75, 3.05) is 6.61 Å². The molecule has 0 fully saturated rings. The van der Waals surface area contributed by atoms with Crippen molar-refractivity contribution in [1.29, 1.82) is 0 Å². The highest BCUT2D eigenvalue weighted by Gasteiger charge is 2.13. The molecule has 7 heteroatoms. The van der Waals surface area contributed by atoms with Gasteiger partial charge in [-0.05, 0) is 38.5 Å². The Hall–Kier alpha value is -2.41. The Morgan fingerprint density at radius 3 is 2.65 bits per heavy atom. The monoisotopic (exact) mass is 419 g/mol. The van der Waals surface area contributed by atoms with Crippen LogP contribution in [-0.2, 0) is 21.4 Å². The Bertz CT molecular complexity index is 843. The number of carbonyl (C=O) groups excluding carboxylic acids is 2. The molecule has 6 nitrogen and oxygen atoms in total. The lowest BCUT2D eigenvalue weighted by molar-refractivity contribution is -0.144. The highest BCUT2D eigenvalue weighted by atomic mass is 79.9. The summed E-state index contributed by atoms with van der Waals surface area (Å²) < 4.78 is 7.66. The van der Waals surface area contributed by atoms with Crippen LogP contribution in [0.25, 0.3) is 6.08 Å². The summed E-state index contributed by atoms with van der Waals surface area (Å²) in [5.74, 6) is -0.930. The van der Waals surface area contributed by atoms with Crippen LogP contribution < -0.4 is 5.32 Å². The lowest BCUT2D eigenvalue weighted by Gasteiger charge is -2.15. The van der Waals surface area contributed by atoms with Gasteiger partial charge in [0, 0.05) is 28.9 Å². The molecule has 0 aliphatic carbocycles. The van der Waals surface area contributed by atoms with Gasteiger partial charge in [0.25, 0.3) is 5.91 Å². The number of ether oxygens (including phenoxy) is 1. The molecule has 0 saturated carbocycles. The van der Waals surface area contributed by atoms with Crippen LogP contribution in [0.4, 0.5) is 0 Å². The van der Waals surface area contributed by atoms with Gasteiger partial charge in [-0.1, -0.05) is 34.1 Å². The summed E-state index contributed by atoms with van der Waals surface area (Å²) in [5, 5.41) is 7.08. The Labute approximate surface area is 161 Å². The lowest BCUT2D eigenvalue weighted by atomic mass is 10.1. The summed E-state index contributed by atoms with van der Waals surface area (Å²) in [6.45, 7) is 5.33. The van der Waals surface area contributed by atoms with Crippen LogP contribution in [0.15, 0.2) is 34.8 Å². The second-order valence-electron chi connectivity index (χ2n) is 5.96. The van der Waals surface area contributed by atoms with E-state index >= 15 is 0 Å². The minimum atomic E-state index is -0.573. The predicted octanol–water partition coefficient (Wildman–Crippen LogP) is 3.23. The second-order valence-corrected chi connectivity index (χ2v) is 6.81. The third kappa shape index (κ3) is 5.05. The van der Waals surface area contributed by atoms with Gasteiger partial charge in [0.15, 0.2) is 6.61 Å². The van der Waals surface area contributed by atoms with Gasteiger partial charge in [-0.15, -0.1) is 0 Å². The number of hydrogen-bond donors (Lipinski definition) is 1. The molecule has 1 aromatic heterocycles. The van der Waals surface area contributed by atoms with Crippen molar-refractivity contribution in [2.45, 2.75) is 26.8 Å². The number of aromatic nitrogens is 2. The third-order valence-electron chi connectivity index (χ3n) is 4.05. The standard InChI is InChI=1S/C19H22BrN3O3/c1-12(16-7-5-6-8-17(16)20)21-18(24)11-26-19(25)10-9-15-13(2)22-23(4)14(15)3/h5-10,12H,11H2,1-4H3,(H,21,24)/b10-9+/t12-/m0/s1. The summed E-state index contributed by atoms with van der Waals surface area (Å²) in [6, 6.07) is 7.43. The predicted molar refractivity (Wildman–Crippen MR) is 103 cm³/mol. The van der Waals surface area contributed by atoms with Crippen molar-refractivity contribution in [3.63, 3.8) is 0 Å². The van der Waals surface area contributed by atoms with E-state index in [1.165, 1.54) is 6.08 Å². The van der Waals surface area contributed by atoms with Crippen molar-refractivity contribution < 1.29 is 14.3 Å². The molecule has 0 saturated heterocycles. The van der Waals surface area contributed by atoms with Gasteiger partial charge in [0.2, 0.25) is 0 Å². The van der Waals surface area contributed by atoms with Crippen molar-refractivity contribution >= 4 is 33.9 Å².